The van der Waals surface area contributed by atoms with Crippen LogP contribution in [0, 0.1) is 6.92 Å². The minimum absolute atomic E-state index is 0.640. The number of hydrogen-bond acceptors (Lipinski definition) is 2. The van der Waals surface area contributed by atoms with E-state index in [-0.39, 0.29) is 0 Å². The molecule has 0 saturated carbocycles. The predicted octanol–water partition coefficient (Wildman–Crippen LogP) is 3.26. The van der Waals surface area contributed by atoms with E-state index in [4.69, 9.17) is 0 Å². The number of hydrogen-bond donors (Lipinski definition) is 0. The molecule has 1 heterocycles. The van der Waals surface area contributed by atoms with E-state index in [0.717, 1.165) is 0 Å². The van der Waals surface area contributed by atoms with Crippen LogP contribution in [0.1, 0.15) is 37.3 Å². The third kappa shape index (κ3) is 2.69. The number of likely N-dealkylation sites (N-methyl/N-ethyl adjacent to an activating group) is 1. The zero-order valence-corrected chi connectivity index (χ0v) is 12.4. The molecule has 0 N–H and O–H groups in total. The van der Waals surface area contributed by atoms with Crippen LogP contribution in [0.2, 0.25) is 0 Å². The van der Waals surface area contributed by atoms with Crippen LogP contribution < -0.4 is 4.90 Å². The third-order valence-electron chi connectivity index (χ3n) is 4.24. The van der Waals surface area contributed by atoms with E-state index in [1.807, 2.05) is 0 Å². The molecular weight excluding hydrogens is 220 g/mol. The van der Waals surface area contributed by atoms with Gasteiger partial charge in [-0.1, -0.05) is 17.7 Å². The Hall–Kier alpha value is -1.02. The summed E-state index contributed by atoms with van der Waals surface area (Å²) < 4.78 is 0. The lowest BCUT2D eigenvalue weighted by atomic mass is 9.96. The summed E-state index contributed by atoms with van der Waals surface area (Å²) >= 11 is 0. The first-order valence-electron chi connectivity index (χ1n) is 7.01. The van der Waals surface area contributed by atoms with Gasteiger partial charge in [0.15, 0.2) is 0 Å². The fraction of sp³-hybridized carbons (Fsp3) is 0.625. The topological polar surface area (TPSA) is 6.48 Å². The number of benzene rings is 1. The quantitative estimate of drug-likeness (QED) is 0.804. The number of nitrogens with zero attached hydrogens (tertiary/aromatic N) is 2. The van der Waals surface area contributed by atoms with Crippen LogP contribution in [0.4, 0.5) is 5.69 Å². The van der Waals surface area contributed by atoms with Gasteiger partial charge in [0.2, 0.25) is 0 Å². The highest BCUT2D eigenvalue weighted by Gasteiger charge is 2.26. The van der Waals surface area contributed by atoms with Crippen molar-refractivity contribution in [3.05, 3.63) is 29.3 Å². The van der Waals surface area contributed by atoms with E-state index in [9.17, 15) is 0 Å². The Balaban J connectivity index is 2.07. The second kappa shape index (κ2) is 5.31. The van der Waals surface area contributed by atoms with E-state index in [2.05, 4.69) is 62.9 Å². The summed E-state index contributed by atoms with van der Waals surface area (Å²) in [6.45, 7) is 9.07. The summed E-state index contributed by atoms with van der Waals surface area (Å²) in [4.78, 5) is 4.84. The van der Waals surface area contributed by atoms with E-state index < -0.39 is 0 Å². The van der Waals surface area contributed by atoms with Crippen molar-refractivity contribution in [2.75, 3.05) is 32.1 Å². The van der Waals surface area contributed by atoms with Gasteiger partial charge >= 0.3 is 0 Å². The Morgan fingerprint density at radius 3 is 2.78 bits per heavy atom. The largest absolute Gasteiger partial charge is 0.374 e. The summed E-state index contributed by atoms with van der Waals surface area (Å²) in [6.07, 6.45) is 1.26. The average molecular weight is 246 g/mol. The van der Waals surface area contributed by atoms with Crippen molar-refractivity contribution in [1.29, 1.82) is 0 Å². The fourth-order valence-corrected chi connectivity index (χ4v) is 2.74. The van der Waals surface area contributed by atoms with Gasteiger partial charge in [-0.05, 0) is 52.4 Å². The van der Waals surface area contributed by atoms with Crippen LogP contribution >= 0.6 is 0 Å². The maximum Gasteiger partial charge on any atom is 0.0400 e. The van der Waals surface area contributed by atoms with Crippen LogP contribution in [0.15, 0.2) is 18.2 Å². The van der Waals surface area contributed by atoms with Crippen LogP contribution in [0.3, 0.4) is 0 Å². The molecule has 0 unspecified atom stereocenters. The lowest BCUT2D eigenvalue weighted by Crippen LogP contribution is -2.28. The highest BCUT2D eigenvalue weighted by Crippen LogP contribution is 2.37. The van der Waals surface area contributed by atoms with Gasteiger partial charge in [0.05, 0.1) is 0 Å². The minimum atomic E-state index is 0.640. The molecule has 1 atom stereocenters. The van der Waals surface area contributed by atoms with Gasteiger partial charge in [0.1, 0.15) is 0 Å². The summed E-state index contributed by atoms with van der Waals surface area (Å²) in [5.74, 6) is 0.700. The van der Waals surface area contributed by atoms with Gasteiger partial charge in [-0.2, -0.15) is 0 Å². The molecule has 18 heavy (non-hydrogen) atoms. The van der Waals surface area contributed by atoms with Crippen LogP contribution in [0.25, 0.3) is 0 Å². The zero-order valence-electron chi connectivity index (χ0n) is 12.4. The van der Waals surface area contributed by atoms with Crippen LogP contribution in [0.5, 0.6) is 0 Å². The first-order chi connectivity index (χ1) is 8.49. The minimum Gasteiger partial charge on any atom is -0.374 e. The Morgan fingerprint density at radius 2 is 2.11 bits per heavy atom. The SMILES string of the molecule is Cc1ccc2c(c1)[C@@H](CCN(C)C(C)C)CN2C. The maximum absolute atomic E-state index is 2.44. The highest BCUT2D eigenvalue weighted by molar-refractivity contribution is 5.60. The standard InChI is InChI=1S/C16H26N2/c1-12(2)17(4)9-8-14-11-18(5)16-7-6-13(3)10-15(14)16/h6-7,10,12,14H,8-9,11H2,1-5H3/t14-/m0/s1. The number of aryl methyl sites for hydroxylation is 1. The molecule has 0 fully saturated rings. The molecule has 0 bridgehead atoms. The van der Waals surface area contributed by atoms with E-state index >= 15 is 0 Å². The monoisotopic (exact) mass is 246 g/mol. The third-order valence-corrected chi connectivity index (χ3v) is 4.24. The normalized spacial score (nSPS) is 18.8. The molecule has 2 nitrogen and oxygen atoms in total. The Labute approximate surface area is 112 Å². The fourth-order valence-electron chi connectivity index (χ4n) is 2.74. The zero-order chi connectivity index (χ0) is 13.3. The van der Waals surface area contributed by atoms with Crippen molar-refractivity contribution >= 4 is 5.69 Å². The molecule has 1 aromatic carbocycles. The van der Waals surface area contributed by atoms with Crippen molar-refractivity contribution in [2.45, 2.75) is 39.2 Å². The van der Waals surface area contributed by atoms with Crippen molar-refractivity contribution < 1.29 is 0 Å². The van der Waals surface area contributed by atoms with Gasteiger partial charge in [0, 0.05) is 31.2 Å². The van der Waals surface area contributed by atoms with Crippen molar-refractivity contribution in [3.63, 3.8) is 0 Å². The molecular formula is C16H26N2. The molecule has 100 valence electrons. The molecule has 0 spiro atoms. The molecule has 1 aliphatic heterocycles. The summed E-state index contributed by atoms with van der Waals surface area (Å²) in [5.41, 5.74) is 4.36. The summed E-state index contributed by atoms with van der Waals surface area (Å²) in [7, 11) is 4.43. The van der Waals surface area contributed by atoms with Gasteiger partial charge in [0.25, 0.3) is 0 Å². The Morgan fingerprint density at radius 1 is 1.39 bits per heavy atom. The number of fused-ring (bicyclic) bond motifs is 1. The average Bonchev–Trinajstić information content (AvgIpc) is 2.62. The molecule has 2 rings (SSSR count). The second-order valence-electron chi connectivity index (χ2n) is 6.00. The van der Waals surface area contributed by atoms with Crippen molar-refractivity contribution in [3.8, 4) is 0 Å². The molecule has 0 radical (unpaired) electrons. The molecule has 1 aliphatic rings. The highest BCUT2D eigenvalue weighted by atomic mass is 15.1. The molecule has 2 heteroatoms. The first kappa shape index (κ1) is 13.4. The Bertz CT molecular complexity index is 412. The maximum atomic E-state index is 2.44. The van der Waals surface area contributed by atoms with Gasteiger partial charge in [-0.25, -0.2) is 0 Å². The molecule has 0 aromatic heterocycles. The predicted molar refractivity (Wildman–Crippen MR) is 79.6 cm³/mol. The lowest BCUT2D eigenvalue weighted by Gasteiger charge is -2.23. The smallest absolute Gasteiger partial charge is 0.0400 e. The summed E-state index contributed by atoms with van der Waals surface area (Å²) in [5, 5.41) is 0. The first-order valence-corrected chi connectivity index (χ1v) is 7.01. The Kier molecular flexibility index (Phi) is 3.96. The molecule has 1 aromatic rings. The molecule has 0 aliphatic carbocycles. The second-order valence-corrected chi connectivity index (χ2v) is 6.00. The van der Waals surface area contributed by atoms with Crippen LogP contribution in [-0.2, 0) is 0 Å². The lowest BCUT2D eigenvalue weighted by molar-refractivity contribution is 0.264. The van der Waals surface area contributed by atoms with Crippen molar-refractivity contribution in [1.82, 2.24) is 4.90 Å². The molecule has 0 amide bonds. The number of rotatable bonds is 4. The summed E-state index contributed by atoms with van der Waals surface area (Å²) in [6, 6.07) is 7.51. The number of anilines is 1. The van der Waals surface area contributed by atoms with E-state index in [1.165, 1.54) is 30.8 Å². The van der Waals surface area contributed by atoms with Crippen LogP contribution in [-0.4, -0.2) is 38.1 Å². The molecule has 0 saturated heterocycles. The van der Waals surface area contributed by atoms with E-state index in [1.54, 1.807) is 5.56 Å². The van der Waals surface area contributed by atoms with Gasteiger partial charge in [-0.15, -0.1) is 0 Å². The van der Waals surface area contributed by atoms with Gasteiger partial charge < -0.3 is 9.80 Å². The van der Waals surface area contributed by atoms with Gasteiger partial charge in [-0.3, -0.25) is 0 Å². The van der Waals surface area contributed by atoms with E-state index in [0.29, 0.717) is 12.0 Å². The van der Waals surface area contributed by atoms with Crippen molar-refractivity contribution in [2.24, 2.45) is 0 Å².